The van der Waals surface area contributed by atoms with Crippen molar-refractivity contribution in [2.24, 2.45) is 5.41 Å². The number of hydrogen-bond acceptors (Lipinski definition) is 3. The summed E-state index contributed by atoms with van der Waals surface area (Å²) in [7, 11) is -3.18. The molecule has 98 valence electrons. The van der Waals surface area contributed by atoms with Crippen molar-refractivity contribution in [3.8, 4) is 0 Å². The van der Waals surface area contributed by atoms with Crippen LogP contribution >= 0.6 is 0 Å². The fourth-order valence-electron chi connectivity index (χ4n) is 2.79. The molecule has 0 aromatic heterocycles. The Morgan fingerprint density at radius 2 is 1.82 bits per heavy atom. The molecule has 0 atom stereocenters. The first-order chi connectivity index (χ1) is 7.84. The molecule has 5 heteroatoms. The Morgan fingerprint density at radius 1 is 1.24 bits per heavy atom. The normalized spacial score (nSPS) is 27.5. The van der Waals surface area contributed by atoms with Gasteiger partial charge in [0.1, 0.15) is 5.78 Å². The van der Waals surface area contributed by atoms with Gasteiger partial charge < -0.3 is 0 Å². The Kier molecular flexibility index (Phi) is 3.34. The Hall–Kier alpha value is -0.420. The number of carbonyl (C=O) groups is 1. The van der Waals surface area contributed by atoms with Crippen LogP contribution in [0, 0.1) is 5.41 Å². The second kappa shape index (κ2) is 4.35. The number of sulfonamides is 1. The fraction of sp³-hybridized carbons (Fsp3) is 0.917. The summed E-state index contributed by atoms with van der Waals surface area (Å²) in [6.07, 6.45) is 3.96. The lowest BCUT2D eigenvalue weighted by atomic mass is 9.84. The van der Waals surface area contributed by atoms with Gasteiger partial charge in [-0.2, -0.15) is 0 Å². The highest BCUT2D eigenvalue weighted by Gasteiger charge is 2.42. The van der Waals surface area contributed by atoms with Crippen LogP contribution in [0.1, 0.15) is 46.0 Å². The monoisotopic (exact) mass is 259 g/mol. The Labute approximate surface area is 103 Å². The molecule has 0 spiro atoms. The highest BCUT2D eigenvalue weighted by molar-refractivity contribution is 7.89. The van der Waals surface area contributed by atoms with E-state index in [0.717, 1.165) is 25.7 Å². The van der Waals surface area contributed by atoms with E-state index in [1.165, 1.54) is 0 Å². The molecule has 0 unspecified atom stereocenters. The largest absolute Gasteiger partial charge is 0.299 e. The smallest absolute Gasteiger partial charge is 0.217 e. The van der Waals surface area contributed by atoms with Gasteiger partial charge in [0.2, 0.25) is 10.0 Å². The molecule has 4 nitrogen and oxygen atoms in total. The number of rotatable bonds is 2. The van der Waals surface area contributed by atoms with Gasteiger partial charge in [0.05, 0.1) is 5.25 Å². The average molecular weight is 259 g/mol. The SMILES string of the molecule is CC1(C)CN(S(=O)(=O)C2CCCC2)CCC1=O. The third-order valence-corrected chi connectivity index (χ3v) is 6.34. The van der Waals surface area contributed by atoms with Crippen molar-refractivity contribution in [1.82, 2.24) is 4.31 Å². The van der Waals surface area contributed by atoms with Gasteiger partial charge in [-0.25, -0.2) is 12.7 Å². The van der Waals surface area contributed by atoms with Gasteiger partial charge >= 0.3 is 0 Å². The standard InChI is InChI=1S/C12H21NO3S/c1-12(2)9-13(8-7-11(12)14)17(15,16)10-5-3-4-6-10/h10H,3-9H2,1-2H3. The number of nitrogens with zero attached hydrogens (tertiary/aromatic N) is 1. The number of piperidine rings is 1. The number of hydrogen-bond donors (Lipinski definition) is 0. The first kappa shape index (κ1) is 13.0. The lowest BCUT2D eigenvalue weighted by Gasteiger charge is -2.37. The van der Waals surface area contributed by atoms with Crippen LogP contribution in [-0.2, 0) is 14.8 Å². The summed E-state index contributed by atoms with van der Waals surface area (Å²) in [5.41, 5.74) is -0.524. The Morgan fingerprint density at radius 3 is 2.35 bits per heavy atom. The lowest BCUT2D eigenvalue weighted by molar-refractivity contribution is -0.129. The molecule has 1 aliphatic carbocycles. The van der Waals surface area contributed by atoms with Gasteiger partial charge in [-0.1, -0.05) is 26.7 Å². The number of carbonyl (C=O) groups excluding carboxylic acids is 1. The highest BCUT2D eigenvalue weighted by Crippen LogP contribution is 2.32. The van der Waals surface area contributed by atoms with Gasteiger partial charge in [-0.15, -0.1) is 0 Å². The van der Waals surface area contributed by atoms with E-state index in [2.05, 4.69) is 0 Å². The molecule has 0 N–H and O–H groups in total. The maximum Gasteiger partial charge on any atom is 0.217 e. The summed E-state index contributed by atoms with van der Waals surface area (Å²) < 4.78 is 26.3. The second-order valence-electron chi connectivity index (χ2n) is 5.84. The first-order valence-corrected chi connectivity index (χ1v) is 7.87. The van der Waals surface area contributed by atoms with Crippen LogP contribution in [0.5, 0.6) is 0 Å². The predicted octanol–water partition coefficient (Wildman–Crippen LogP) is 1.56. The third kappa shape index (κ3) is 2.40. The van der Waals surface area contributed by atoms with Crippen LogP contribution in [-0.4, -0.2) is 36.8 Å². The molecular weight excluding hydrogens is 238 g/mol. The summed E-state index contributed by atoms with van der Waals surface area (Å²) >= 11 is 0. The maximum absolute atomic E-state index is 12.4. The first-order valence-electron chi connectivity index (χ1n) is 6.36. The molecule has 1 aliphatic heterocycles. The van der Waals surface area contributed by atoms with Crippen LogP contribution in [0.15, 0.2) is 0 Å². The molecular formula is C12H21NO3S. The van der Waals surface area contributed by atoms with Crippen LogP contribution in [0.3, 0.4) is 0 Å². The van der Waals surface area contributed by atoms with Gasteiger partial charge in [0.25, 0.3) is 0 Å². The summed E-state index contributed by atoms with van der Waals surface area (Å²) in [6.45, 7) is 4.41. The van der Waals surface area contributed by atoms with Crippen molar-refractivity contribution in [2.75, 3.05) is 13.1 Å². The quantitative estimate of drug-likeness (QED) is 0.756. The molecule has 2 rings (SSSR count). The van der Waals surface area contributed by atoms with Gasteiger partial charge in [-0.3, -0.25) is 4.79 Å². The minimum atomic E-state index is -3.18. The third-order valence-electron chi connectivity index (χ3n) is 4.00. The number of Topliss-reactive ketones (excluding diaryl/α,β-unsaturated/α-hetero) is 1. The van der Waals surface area contributed by atoms with Crippen molar-refractivity contribution in [3.63, 3.8) is 0 Å². The van der Waals surface area contributed by atoms with Gasteiger partial charge in [0.15, 0.2) is 0 Å². The van der Waals surface area contributed by atoms with E-state index in [0.29, 0.717) is 19.5 Å². The fourth-order valence-corrected chi connectivity index (χ4v) is 4.99. The molecule has 0 radical (unpaired) electrons. The van der Waals surface area contributed by atoms with Crippen molar-refractivity contribution >= 4 is 15.8 Å². The van der Waals surface area contributed by atoms with Crippen molar-refractivity contribution in [2.45, 2.75) is 51.2 Å². The molecule has 0 aromatic carbocycles. The topological polar surface area (TPSA) is 54.5 Å². The summed E-state index contributed by atoms with van der Waals surface area (Å²) in [4.78, 5) is 11.7. The zero-order valence-electron chi connectivity index (χ0n) is 10.6. The lowest BCUT2D eigenvalue weighted by Crippen LogP contribution is -2.50. The minimum Gasteiger partial charge on any atom is -0.299 e. The van der Waals surface area contributed by atoms with E-state index in [1.807, 2.05) is 13.8 Å². The van der Waals surface area contributed by atoms with Crippen LogP contribution in [0.2, 0.25) is 0 Å². The predicted molar refractivity (Wildman–Crippen MR) is 66.2 cm³/mol. The van der Waals surface area contributed by atoms with Crippen LogP contribution < -0.4 is 0 Å². The summed E-state index contributed by atoms with van der Waals surface area (Å²) in [6, 6.07) is 0. The molecule has 0 amide bonds. The Balaban J connectivity index is 2.15. The van der Waals surface area contributed by atoms with E-state index in [4.69, 9.17) is 0 Å². The van der Waals surface area contributed by atoms with E-state index in [1.54, 1.807) is 4.31 Å². The van der Waals surface area contributed by atoms with Crippen molar-refractivity contribution in [1.29, 1.82) is 0 Å². The summed E-state index contributed by atoms with van der Waals surface area (Å²) in [5.74, 6) is 0.176. The maximum atomic E-state index is 12.4. The van der Waals surface area contributed by atoms with Gasteiger partial charge in [0, 0.05) is 24.9 Å². The highest BCUT2D eigenvalue weighted by atomic mass is 32.2. The van der Waals surface area contributed by atoms with Crippen LogP contribution in [0.4, 0.5) is 0 Å². The van der Waals surface area contributed by atoms with E-state index >= 15 is 0 Å². The zero-order valence-corrected chi connectivity index (χ0v) is 11.4. The summed E-state index contributed by atoms with van der Waals surface area (Å²) in [5, 5.41) is -0.202. The molecule has 0 aromatic rings. The molecule has 2 aliphatic rings. The molecule has 17 heavy (non-hydrogen) atoms. The van der Waals surface area contributed by atoms with E-state index < -0.39 is 15.4 Å². The van der Waals surface area contributed by atoms with Gasteiger partial charge in [-0.05, 0) is 12.8 Å². The van der Waals surface area contributed by atoms with Crippen molar-refractivity contribution in [3.05, 3.63) is 0 Å². The molecule has 1 saturated heterocycles. The minimum absolute atomic E-state index is 0.176. The molecule has 1 saturated carbocycles. The van der Waals surface area contributed by atoms with E-state index in [9.17, 15) is 13.2 Å². The number of ketones is 1. The Bertz CT molecular complexity index is 407. The second-order valence-corrected chi connectivity index (χ2v) is 8.06. The average Bonchev–Trinajstić information content (AvgIpc) is 2.75. The van der Waals surface area contributed by atoms with Crippen molar-refractivity contribution < 1.29 is 13.2 Å². The van der Waals surface area contributed by atoms with Crippen LogP contribution in [0.25, 0.3) is 0 Å². The molecule has 1 heterocycles. The molecule has 2 fully saturated rings. The zero-order chi connectivity index (χ0) is 12.7. The molecule has 0 bridgehead atoms. The van der Waals surface area contributed by atoms with E-state index in [-0.39, 0.29) is 11.0 Å².